The molecular weight excluding hydrogens is 234 g/mol. The van der Waals surface area contributed by atoms with Crippen molar-refractivity contribution in [1.29, 1.82) is 0 Å². The Kier molecular flexibility index (Phi) is 6.10. The quantitative estimate of drug-likeness (QED) is 0.713. The Morgan fingerprint density at radius 1 is 1.50 bits per heavy atom. The van der Waals surface area contributed by atoms with Gasteiger partial charge in [-0.3, -0.25) is 0 Å². The number of methoxy groups -OCH3 is 1. The lowest BCUT2D eigenvalue weighted by Gasteiger charge is -2.16. The molecule has 0 unspecified atom stereocenters. The van der Waals surface area contributed by atoms with Crippen molar-refractivity contribution in [1.82, 2.24) is 9.88 Å². The van der Waals surface area contributed by atoms with Crippen LogP contribution in [0.5, 0.6) is 0 Å². The molecule has 0 aliphatic rings. The average molecular weight is 253 g/mol. The Morgan fingerprint density at radius 3 is 2.83 bits per heavy atom. The summed E-state index contributed by atoms with van der Waals surface area (Å²) in [6, 6.07) is 3.20. The van der Waals surface area contributed by atoms with Gasteiger partial charge in [-0.15, -0.1) is 0 Å². The number of carbonyl (C=O) groups is 1. The summed E-state index contributed by atoms with van der Waals surface area (Å²) in [5.41, 5.74) is 0.873. The lowest BCUT2D eigenvalue weighted by Crippen LogP contribution is -2.28. The van der Waals surface area contributed by atoms with Gasteiger partial charge in [-0.1, -0.05) is 0 Å². The van der Waals surface area contributed by atoms with Gasteiger partial charge in [0, 0.05) is 26.7 Å². The van der Waals surface area contributed by atoms with Crippen molar-refractivity contribution in [2.75, 3.05) is 45.7 Å². The third-order valence-corrected chi connectivity index (χ3v) is 2.48. The molecule has 0 bridgehead atoms. The van der Waals surface area contributed by atoms with E-state index in [-0.39, 0.29) is 5.69 Å². The van der Waals surface area contributed by atoms with Crippen LogP contribution >= 0.6 is 0 Å². The molecule has 0 atom stereocenters. The number of nitrogens with zero attached hydrogens (tertiary/aromatic N) is 2. The first kappa shape index (κ1) is 14.4. The van der Waals surface area contributed by atoms with Crippen molar-refractivity contribution in [2.45, 2.75) is 0 Å². The summed E-state index contributed by atoms with van der Waals surface area (Å²) >= 11 is 0. The lowest BCUT2D eigenvalue weighted by atomic mass is 10.3. The summed E-state index contributed by atoms with van der Waals surface area (Å²) in [7, 11) is 3.70. The van der Waals surface area contributed by atoms with Gasteiger partial charge in [0.2, 0.25) is 0 Å². The fraction of sp³-hybridized carbons (Fsp3) is 0.500. The molecule has 1 heterocycles. The number of aromatic carboxylic acids is 1. The molecule has 0 fully saturated rings. The molecule has 0 aliphatic carbocycles. The zero-order chi connectivity index (χ0) is 13.4. The normalized spacial score (nSPS) is 10.6. The summed E-state index contributed by atoms with van der Waals surface area (Å²) in [5, 5.41) is 11.9. The minimum absolute atomic E-state index is 0.0535. The maximum Gasteiger partial charge on any atom is 0.354 e. The highest BCUT2D eigenvalue weighted by Crippen LogP contribution is 2.05. The molecule has 0 saturated carbocycles. The van der Waals surface area contributed by atoms with Crippen LogP contribution in [0.2, 0.25) is 0 Å². The second kappa shape index (κ2) is 7.62. The molecule has 1 aromatic rings. The molecule has 0 amide bonds. The van der Waals surface area contributed by atoms with Gasteiger partial charge in [0.15, 0.2) is 0 Å². The molecule has 0 spiro atoms. The molecule has 0 saturated heterocycles. The Balaban J connectivity index is 2.29. The topological polar surface area (TPSA) is 74.7 Å². The van der Waals surface area contributed by atoms with E-state index in [1.54, 1.807) is 13.2 Å². The number of ether oxygens (including phenoxy) is 1. The van der Waals surface area contributed by atoms with Crippen LogP contribution in [0.25, 0.3) is 0 Å². The molecule has 2 N–H and O–H groups in total. The van der Waals surface area contributed by atoms with E-state index in [1.165, 1.54) is 12.3 Å². The number of nitrogens with one attached hydrogen (secondary N) is 1. The molecule has 0 aromatic carbocycles. The van der Waals surface area contributed by atoms with E-state index in [1.807, 2.05) is 7.05 Å². The van der Waals surface area contributed by atoms with Gasteiger partial charge in [0.05, 0.1) is 18.5 Å². The SMILES string of the molecule is COCCN(C)CCNc1ccc(C(=O)O)nc1. The molecule has 1 rings (SSSR count). The Labute approximate surface area is 107 Å². The fourth-order valence-corrected chi connectivity index (χ4v) is 1.37. The third kappa shape index (κ3) is 5.11. The molecule has 0 radical (unpaired) electrons. The molecule has 100 valence electrons. The van der Waals surface area contributed by atoms with Gasteiger partial charge in [0.25, 0.3) is 0 Å². The predicted molar refractivity (Wildman–Crippen MR) is 69.1 cm³/mol. The first-order valence-electron chi connectivity index (χ1n) is 5.74. The van der Waals surface area contributed by atoms with E-state index in [4.69, 9.17) is 9.84 Å². The first-order valence-corrected chi connectivity index (χ1v) is 5.74. The Morgan fingerprint density at radius 2 is 2.28 bits per heavy atom. The second-order valence-electron chi connectivity index (χ2n) is 3.96. The molecule has 6 heteroatoms. The number of hydrogen-bond donors (Lipinski definition) is 2. The Bertz CT molecular complexity index is 367. The van der Waals surface area contributed by atoms with E-state index in [0.717, 1.165) is 25.3 Å². The number of rotatable bonds is 8. The van der Waals surface area contributed by atoms with Gasteiger partial charge in [-0.25, -0.2) is 9.78 Å². The lowest BCUT2D eigenvalue weighted by molar-refractivity contribution is 0.0690. The highest BCUT2D eigenvalue weighted by atomic mass is 16.5. The monoisotopic (exact) mass is 253 g/mol. The minimum atomic E-state index is -1.01. The van der Waals surface area contributed by atoms with E-state index in [2.05, 4.69) is 15.2 Å². The fourth-order valence-electron chi connectivity index (χ4n) is 1.37. The van der Waals surface area contributed by atoms with Crippen molar-refractivity contribution < 1.29 is 14.6 Å². The van der Waals surface area contributed by atoms with Crippen LogP contribution in [-0.2, 0) is 4.74 Å². The van der Waals surface area contributed by atoms with E-state index >= 15 is 0 Å². The van der Waals surface area contributed by atoms with Gasteiger partial charge < -0.3 is 20.1 Å². The van der Waals surface area contributed by atoms with Gasteiger partial charge >= 0.3 is 5.97 Å². The van der Waals surface area contributed by atoms with Gasteiger partial charge in [0.1, 0.15) is 5.69 Å². The maximum atomic E-state index is 10.6. The van der Waals surface area contributed by atoms with Crippen molar-refractivity contribution in [3.05, 3.63) is 24.0 Å². The van der Waals surface area contributed by atoms with E-state index < -0.39 is 5.97 Å². The summed E-state index contributed by atoms with van der Waals surface area (Å²) < 4.78 is 4.98. The predicted octanol–water partition coefficient (Wildman–Crippen LogP) is 0.770. The molecule has 0 aliphatic heterocycles. The van der Waals surface area contributed by atoms with E-state index in [0.29, 0.717) is 6.61 Å². The highest BCUT2D eigenvalue weighted by Gasteiger charge is 2.03. The maximum absolute atomic E-state index is 10.6. The summed E-state index contributed by atoms with van der Waals surface area (Å²) in [4.78, 5) is 16.6. The van der Waals surface area contributed by atoms with Crippen molar-refractivity contribution in [3.8, 4) is 0 Å². The van der Waals surface area contributed by atoms with Gasteiger partial charge in [-0.05, 0) is 19.2 Å². The number of aromatic nitrogens is 1. The number of carboxylic acid groups (broad SMARTS) is 1. The van der Waals surface area contributed by atoms with Crippen LogP contribution in [0, 0.1) is 0 Å². The first-order chi connectivity index (χ1) is 8.63. The number of hydrogen-bond acceptors (Lipinski definition) is 5. The van der Waals surface area contributed by atoms with Crippen LogP contribution < -0.4 is 5.32 Å². The van der Waals surface area contributed by atoms with Crippen molar-refractivity contribution in [3.63, 3.8) is 0 Å². The van der Waals surface area contributed by atoms with Crippen molar-refractivity contribution in [2.24, 2.45) is 0 Å². The van der Waals surface area contributed by atoms with Crippen LogP contribution in [0.1, 0.15) is 10.5 Å². The largest absolute Gasteiger partial charge is 0.477 e. The van der Waals surface area contributed by atoms with Gasteiger partial charge in [-0.2, -0.15) is 0 Å². The van der Waals surface area contributed by atoms with Crippen molar-refractivity contribution >= 4 is 11.7 Å². The van der Waals surface area contributed by atoms with Crippen LogP contribution in [0.4, 0.5) is 5.69 Å². The zero-order valence-corrected chi connectivity index (χ0v) is 10.7. The molecule has 6 nitrogen and oxygen atoms in total. The number of carboxylic acids is 1. The van der Waals surface area contributed by atoms with Crippen LogP contribution in [-0.4, -0.2) is 61.4 Å². The van der Waals surface area contributed by atoms with Crippen LogP contribution in [0.3, 0.4) is 0 Å². The number of anilines is 1. The molecule has 18 heavy (non-hydrogen) atoms. The number of likely N-dealkylation sites (N-methyl/N-ethyl adjacent to an activating group) is 1. The summed E-state index contributed by atoms with van der Waals surface area (Å²) in [6.45, 7) is 3.25. The Hall–Kier alpha value is -1.66. The highest BCUT2D eigenvalue weighted by molar-refractivity contribution is 5.85. The second-order valence-corrected chi connectivity index (χ2v) is 3.96. The summed E-state index contributed by atoms with van der Waals surface area (Å²) in [5.74, 6) is -1.01. The standard InChI is InChI=1S/C12H19N3O3/c1-15(7-8-18-2)6-5-13-10-3-4-11(12(16)17)14-9-10/h3-4,9,13H,5-8H2,1-2H3,(H,16,17). The zero-order valence-electron chi connectivity index (χ0n) is 10.7. The minimum Gasteiger partial charge on any atom is -0.477 e. The molecular formula is C12H19N3O3. The van der Waals surface area contributed by atoms with Crippen LogP contribution in [0.15, 0.2) is 18.3 Å². The number of pyridine rings is 1. The smallest absolute Gasteiger partial charge is 0.354 e. The average Bonchev–Trinajstić information content (AvgIpc) is 2.37. The van der Waals surface area contributed by atoms with E-state index in [9.17, 15) is 4.79 Å². The third-order valence-electron chi connectivity index (χ3n) is 2.48. The summed E-state index contributed by atoms with van der Waals surface area (Å²) in [6.07, 6.45) is 1.53. The molecule has 1 aromatic heterocycles.